The van der Waals surface area contributed by atoms with Gasteiger partial charge in [0.2, 0.25) is 0 Å². The Morgan fingerprint density at radius 1 is 1.26 bits per heavy atom. The summed E-state index contributed by atoms with van der Waals surface area (Å²) in [6, 6.07) is 10.6. The smallest absolute Gasteiger partial charge is 0.408 e. The fraction of sp³-hybridized carbons (Fsp3) is 0. The molecular formula is C17H10N4O5S. The molecule has 0 atom stereocenters. The van der Waals surface area contributed by atoms with E-state index >= 15 is 0 Å². The summed E-state index contributed by atoms with van der Waals surface area (Å²) in [4.78, 5) is 40.7. The predicted molar refractivity (Wildman–Crippen MR) is 99.0 cm³/mol. The van der Waals surface area contributed by atoms with Gasteiger partial charge in [0.15, 0.2) is 10.7 Å². The van der Waals surface area contributed by atoms with Crippen molar-refractivity contribution in [2.75, 3.05) is 5.32 Å². The van der Waals surface area contributed by atoms with Crippen LogP contribution in [0.4, 0.5) is 10.8 Å². The summed E-state index contributed by atoms with van der Waals surface area (Å²) < 4.78 is 5.03. The Hall–Kier alpha value is -3.79. The number of rotatable bonds is 4. The SMILES string of the molecule is O=C(Nc1nc(-c2ccc3[nH]c(=O)oc3c2)cs1)c1cccc([N+](=O)[O-])c1. The summed E-state index contributed by atoms with van der Waals surface area (Å²) in [5.74, 6) is -1.03. The largest absolute Gasteiger partial charge is 0.417 e. The molecule has 2 N–H and O–H groups in total. The van der Waals surface area contributed by atoms with Crippen LogP contribution in [0.2, 0.25) is 0 Å². The first-order valence-electron chi connectivity index (χ1n) is 7.64. The number of H-pyrrole nitrogens is 1. The molecule has 0 saturated heterocycles. The van der Waals surface area contributed by atoms with Gasteiger partial charge in [-0.25, -0.2) is 9.78 Å². The van der Waals surface area contributed by atoms with E-state index in [1.54, 1.807) is 23.6 Å². The molecule has 0 fully saturated rings. The molecule has 10 heteroatoms. The lowest BCUT2D eigenvalue weighted by Gasteiger charge is -2.01. The second-order valence-electron chi connectivity index (χ2n) is 5.52. The second kappa shape index (κ2) is 6.50. The van der Waals surface area contributed by atoms with Crippen LogP contribution in [0, 0.1) is 10.1 Å². The average molecular weight is 382 g/mol. The quantitative estimate of drug-likeness (QED) is 0.411. The van der Waals surface area contributed by atoms with Gasteiger partial charge in [0.25, 0.3) is 11.6 Å². The maximum Gasteiger partial charge on any atom is 0.417 e. The Kier molecular flexibility index (Phi) is 4.01. The molecule has 0 aliphatic rings. The molecular weight excluding hydrogens is 372 g/mol. The topological polar surface area (TPSA) is 131 Å². The van der Waals surface area contributed by atoms with Crippen LogP contribution in [0.1, 0.15) is 10.4 Å². The van der Waals surface area contributed by atoms with E-state index in [1.165, 1.54) is 35.6 Å². The summed E-state index contributed by atoms with van der Waals surface area (Å²) in [7, 11) is 0. The highest BCUT2D eigenvalue weighted by Crippen LogP contribution is 2.27. The zero-order chi connectivity index (χ0) is 19.0. The van der Waals surface area contributed by atoms with E-state index in [2.05, 4.69) is 15.3 Å². The number of thiazole rings is 1. The van der Waals surface area contributed by atoms with Crippen molar-refractivity contribution in [3.63, 3.8) is 0 Å². The first kappa shape index (κ1) is 16.7. The Morgan fingerprint density at radius 2 is 2.11 bits per heavy atom. The van der Waals surface area contributed by atoms with E-state index in [-0.39, 0.29) is 11.3 Å². The molecule has 0 bridgehead atoms. The van der Waals surface area contributed by atoms with Gasteiger partial charge in [-0.15, -0.1) is 11.3 Å². The van der Waals surface area contributed by atoms with E-state index < -0.39 is 16.6 Å². The number of carbonyl (C=O) groups is 1. The van der Waals surface area contributed by atoms with Gasteiger partial charge in [-0.3, -0.25) is 25.2 Å². The number of aromatic nitrogens is 2. The standard InChI is InChI=1S/C17H10N4O5S/c22-15(10-2-1-3-11(6-10)21(24)25)20-16-18-13(8-27-16)9-4-5-12-14(7-9)26-17(23)19-12/h1-8H,(H,19,23)(H,18,20,22). The third kappa shape index (κ3) is 3.33. The molecule has 2 heterocycles. The molecule has 4 aromatic rings. The molecule has 0 radical (unpaired) electrons. The number of carbonyl (C=O) groups excluding carboxylic acids is 1. The van der Waals surface area contributed by atoms with Crippen LogP contribution in [0.3, 0.4) is 0 Å². The van der Waals surface area contributed by atoms with Crippen LogP contribution in [0.5, 0.6) is 0 Å². The zero-order valence-corrected chi connectivity index (χ0v) is 14.3. The highest BCUT2D eigenvalue weighted by molar-refractivity contribution is 7.14. The summed E-state index contributed by atoms with van der Waals surface area (Å²) in [5, 5.41) is 15.5. The van der Waals surface area contributed by atoms with Gasteiger partial charge in [0, 0.05) is 28.6 Å². The molecule has 134 valence electrons. The number of fused-ring (bicyclic) bond motifs is 1. The molecule has 0 saturated carbocycles. The fourth-order valence-electron chi connectivity index (χ4n) is 2.50. The van der Waals surface area contributed by atoms with E-state index in [0.29, 0.717) is 21.9 Å². The van der Waals surface area contributed by atoms with E-state index in [1.807, 2.05) is 0 Å². The van der Waals surface area contributed by atoms with Crippen molar-refractivity contribution in [2.45, 2.75) is 0 Å². The van der Waals surface area contributed by atoms with E-state index in [0.717, 1.165) is 5.56 Å². The van der Waals surface area contributed by atoms with Crippen LogP contribution >= 0.6 is 11.3 Å². The van der Waals surface area contributed by atoms with Crippen LogP contribution in [-0.4, -0.2) is 20.8 Å². The number of nitrogens with zero attached hydrogens (tertiary/aromatic N) is 2. The Bertz CT molecular complexity index is 1240. The van der Waals surface area contributed by atoms with Crippen molar-refractivity contribution in [2.24, 2.45) is 0 Å². The van der Waals surface area contributed by atoms with Gasteiger partial charge in [-0.2, -0.15) is 0 Å². The number of benzene rings is 2. The highest BCUT2D eigenvalue weighted by Gasteiger charge is 2.14. The molecule has 0 unspecified atom stereocenters. The summed E-state index contributed by atoms with van der Waals surface area (Å²) in [5.41, 5.74) is 2.31. The molecule has 27 heavy (non-hydrogen) atoms. The number of aromatic amines is 1. The summed E-state index contributed by atoms with van der Waals surface area (Å²) >= 11 is 1.21. The second-order valence-corrected chi connectivity index (χ2v) is 6.38. The molecule has 4 rings (SSSR count). The Morgan fingerprint density at radius 3 is 2.93 bits per heavy atom. The Labute approximate surface area is 154 Å². The lowest BCUT2D eigenvalue weighted by Crippen LogP contribution is -2.11. The van der Waals surface area contributed by atoms with Gasteiger partial charge >= 0.3 is 5.76 Å². The lowest BCUT2D eigenvalue weighted by molar-refractivity contribution is -0.384. The number of nitro groups is 1. The maximum atomic E-state index is 12.3. The van der Waals surface area contributed by atoms with Crippen molar-refractivity contribution in [3.05, 3.63) is 74.1 Å². The molecule has 2 aromatic heterocycles. The fourth-order valence-corrected chi connectivity index (χ4v) is 3.21. The number of nitrogens with one attached hydrogen (secondary N) is 2. The molecule has 1 amide bonds. The summed E-state index contributed by atoms with van der Waals surface area (Å²) in [6.45, 7) is 0. The van der Waals surface area contributed by atoms with Crippen LogP contribution in [0.25, 0.3) is 22.4 Å². The minimum atomic E-state index is -0.562. The van der Waals surface area contributed by atoms with Crippen LogP contribution < -0.4 is 11.1 Å². The normalized spacial score (nSPS) is 10.8. The van der Waals surface area contributed by atoms with Gasteiger partial charge in [-0.1, -0.05) is 12.1 Å². The number of non-ortho nitro benzene ring substituents is 1. The van der Waals surface area contributed by atoms with Crippen molar-refractivity contribution in [1.29, 1.82) is 0 Å². The van der Waals surface area contributed by atoms with Crippen LogP contribution in [-0.2, 0) is 0 Å². The van der Waals surface area contributed by atoms with Gasteiger partial charge < -0.3 is 4.42 Å². The maximum absolute atomic E-state index is 12.3. The van der Waals surface area contributed by atoms with Gasteiger partial charge in [0.1, 0.15) is 0 Å². The van der Waals surface area contributed by atoms with Gasteiger partial charge in [-0.05, 0) is 18.2 Å². The monoisotopic (exact) mass is 382 g/mol. The zero-order valence-electron chi connectivity index (χ0n) is 13.5. The van der Waals surface area contributed by atoms with Gasteiger partial charge in [0.05, 0.1) is 16.1 Å². The number of hydrogen-bond acceptors (Lipinski definition) is 7. The number of amides is 1. The Balaban J connectivity index is 1.56. The van der Waals surface area contributed by atoms with Crippen molar-refractivity contribution < 1.29 is 14.1 Å². The lowest BCUT2D eigenvalue weighted by atomic mass is 10.1. The summed E-state index contributed by atoms with van der Waals surface area (Å²) in [6.07, 6.45) is 0. The predicted octanol–water partition coefficient (Wildman–Crippen LogP) is 3.41. The van der Waals surface area contributed by atoms with Crippen molar-refractivity contribution in [1.82, 2.24) is 9.97 Å². The number of oxazole rings is 1. The minimum Gasteiger partial charge on any atom is -0.408 e. The van der Waals surface area contributed by atoms with Crippen molar-refractivity contribution in [3.8, 4) is 11.3 Å². The highest BCUT2D eigenvalue weighted by atomic mass is 32.1. The minimum absolute atomic E-state index is 0.163. The van der Waals surface area contributed by atoms with E-state index in [9.17, 15) is 19.7 Å². The molecule has 0 aliphatic carbocycles. The van der Waals surface area contributed by atoms with E-state index in [4.69, 9.17) is 4.42 Å². The number of nitro benzene ring substituents is 1. The van der Waals surface area contributed by atoms with Crippen LogP contribution in [0.15, 0.2) is 57.1 Å². The molecule has 9 nitrogen and oxygen atoms in total. The molecule has 2 aromatic carbocycles. The number of anilines is 1. The van der Waals surface area contributed by atoms with Crippen molar-refractivity contribution >= 4 is 39.2 Å². The number of hydrogen-bond donors (Lipinski definition) is 2. The first-order chi connectivity index (χ1) is 13.0. The third-order valence-electron chi connectivity index (χ3n) is 3.76. The first-order valence-corrected chi connectivity index (χ1v) is 8.52. The molecule has 0 aliphatic heterocycles. The average Bonchev–Trinajstić information content (AvgIpc) is 3.26. The molecule has 0 spiro atoms. The third-order valence-corrected chi connectivity index (χ3v) is 4.52.